The van der Waals surface area contributed by atoms with Crippen LogP contribution in [-0.2, 0) is 9.53 Å². The van der Waals surface area contributed by atoms with Gasteiger partial charge in [-0.2, -0.15) is 5.26 Å². The molecule has 1 amide bonds. The number of morpholine rings is 1. The molecule has 1 unspecified atom stereocenters. The molecule has 2 aliphatic rings. The smallest absolute Gasteiger partial charge is 0.224 e. The van der Waals surface area contributed by atoms with E-state index in [1.807, 2.05) is 6.07 Å². The number of rotatable bonds is 4. The summed E-state index contributed by atoms with van der Waals surface area (Å²) in [6.45, 7) is 2.25. The molecule has 0 aromatic carbocycles. The van der Waals surface area contributed by atoms with Gasteiger partial charge in [-0.1, -0.05) is 0 Å². The molecule has 0 aromatic heterocycles. The summed E-state index contributed by atoms with van der Waals surface area (Å²) >= 11 is 0. The van der Waals surface area contributed by atoms with Crippen LogP contribution in [0.1, 0.15) is 19.3 Å². The lowest BCUT2D eigenvalue weighted by molar-refractivity contribution is -0.136. The number of carbonyl (C=O) groups is 1. The number of nitrogens with one attached hydrogen (secondary N) is 1. The topological polar surface area (TPSA) is 65.4 Å². The van der Waals surface area contributed by atoms with Crippen molar-refractivity contribution in [3.63, 3.8) is 0 Å². The Kier molecular flexibility index (Phi) is 3.75. The van der Waals surface area contributed by atoms with Crippen molar-refractivity contribution in [2.24, 2.45) is 0 Å². The molecule has 0 aromatic rings. The van der Waals surface area contributed by atoms with Crippen molar-refractivity contribution in [2.45, 2.75) is 31.4 Å². The van der Waals surface area contributed by atoms with E-state index in [1.54, 1.807) is 4.90 Å². The first-order valence-corrected chi connectivity index (χ1v) is 5.82. The molecule has 0 radical (unpaired) electrons. The normalized spacial score (nSPS) is 25.2. The second-order valence-corrected chi connectivity index (χ2v) is 4.31. The Morgan fingerprint density at radius 2 is 2.38 bits per heavy atom. The largest absolute Gasteiger partial charge is 0.360 e. The Morgan fingerprint density at radius 3 is 3.06 bits per heavy atom. The molecule has 1 saturated carbocycles. The van der Waals surface area contributed by atoms with Crippen molar-refractivity contribution in [1.82, 2.24) is 10.2 Å². The second-order valence-electron chi connectivity index (χ2n) is 4.31. The van der Waals surface area contributed by atoms with E-state index in [-0.39, 0.29) is 5.91 Å². The van der Waals surface area contributed by atoms with Crippen molar-refractivity contribution in [2.75, 3.05) is 26.2 Å². The van der Waals surface area contributed by atoms with Gasteiger partial charge in [-0.25, -0.2) is 0 Å². The van der Waals surface area contributed by atoms with Gasteiger partial charge in [-0.15, -0.1) is 0 Å². The zero-order valence-electron chi connectivity index (χ0n) is 9.32. The predicted octanol–water partition coefficient (Wildman–Crippen LogP) is -0.121. The summed E-state index contributed by atoms with van der Waals surface area (Å²) in [7, 11) is 0. The van der Waals surface area contributed by atoms with Crippen LogP contribution in [0.4, 0.5) is 0 Å². The van der Waals surface area contributed by atoms with E-state index in [0.29, 0.717) is 32.2 Å². The van der Waals surface area contributed by atoms with E-state index in [2.05, 4.69) is 5.32 Å². The number of amides is 1. The maximum Gasteiger partial charge on any atom is 0.224 e. The van der Waals surface area contributed by atoms with E-state index in [0.717, 1.165) is 6.54 Å². The van der Waals surface area contributed by atoms with E-state index in [4.69, 9.17) is 10.00 Å². The maximum atomic E-state index is 11.8. The molecule has 1 atom stereocenters. The Morgan fingerprint density at radius 1 is 1.56 bits per heavy atom. The lowest BCUT2D eigenvalue weighted by Crippen LogP contribution is -2.45. The van der Waals surface area contributed by atoms with Crippen LogP contribution < -0.4 is 5.32 Å². The molecule has 0 bridgehead atoms. The number of nitriles is 1. The molecule has 1 N–H and O–H groups in total. The van der Waals surface area contributed by atoms with E-state index in [9.17, 15) is 4.79 Å². The van der Waals surface area contributed by atoms with Gasteiger partial charge < -0.3 is 15.0 Å². The van der Waals surface area contributed by atoms with Gasteiger partial charge in [0.05, 0.1) is 19.2 Å². The van der Waals surface area contributed by atoms with Gasteiger partial charge >= 0.3 is 0 Å². The zero-order valence-corrected chi connectivity index (χ0v) is 9.32. The summed E-state index contributed by atoms with van der Waals surface area (Å²) in [5.41, 5.74) is 0. The monoisotopic (exact) mass is 223 g/mol. The van der Waals surface area contributed by atoms with Crippen molar-refractivity contribution in [3.8, 4) is 6.07 Å². The predicted molar refractivity (Wildman–Crippen MR) is 57.6 cm³/mol. The number of carbonyl (C=O) groups excluding carboxylic acids is 1. The second kappa shape index (κ2) is 5.28. The summed E-state index contributed by atoms with van der Waals surface area (Å²) in [4.78, 5) is 13.5. The van der Waals surface area contributed by atoms with Gasteiger partial charge in [0.2, 0.25) is 5.91 Å². The first-order chi connectivity index (χ1) is 7.79. The first kappa shape index (κ1) is 11.4. The van der Waals surface area contributed by atoms with Crippen LogP contribution in [0.2, 0.25) is 0 Å². The lowest BCUT2D eigenvalue weighted by atomic mass is 10.2. The Labute approximate surface area is 95.4 Å². The standard InChI is InChI=1S/C11H17N3O2/c12-7-10-8-14(5-6-16-10)11(15)3-4-13-9-1-2-9/h9-10,13H,1-6,8H2. The van der Waals surface area contributed by atoms with Crippen LogP contribution in [0.5, 0.6) is 0 Å². The molecule has 0 spiro atoms. The molecule has 5 nitrogen and oxygen atoms in total. The van der Waals surface area contributed by atoms with Gasteiger partial charge in [-0.3, -0.25) is 4.79 Å². The molecular weight excluding hydrogens is 206 g/mol. The number of hydrogen-bond donors (Lipinski definition) is 1. The van der Waals surface area contributed by atoms with Gasteiger partial charge in [0.15, 0.2) is 6.10 Å². The molecule has 5 heteroatoms. The fourth-order valence-electron chi connectivity index (χ4n) is 1.78. The van der Waals surface area contributed by atoms with Gasteiger partial charge in [-0.05, 0) is 12.8 Å². The van der Waals surface area contributed by atoms with Gasteiger partial charge in [0, 0.05) is 25.6 Å². The summed E-state index contributed by atoms with van der Waals surface area (Å²) in [6.07, 6.45) is 2.55. The Hall–Kier alpha value is -1.12. The third-order valence-electron chi connectivity index (χ3n) is 2.91. The van der Waals surface area contributed by atoms with Crippen LogP contribution in [0.3, 0.4) is 0 Å². The highest BCUT2D eigenvalue weighted by atomic mass is 16.5. The highest BCUT2D eigenvalue weighted by Gasteiger charge is 2.24. The van der Waals surface area contributed by atoms with E-state index < -0.39 is 6.10 Å². The van der Waals surface area contributed by atoms with Crippen LogP contribution in [0, 0.1) is 11.3 Å². The highest BCUT2D eigenvalue weighted by Crippen LogP contribution is 2.18. The Bertz CT molecular complexity index is 296. The molecule has 2 fully saturated rings. The SMILES string of the molecule is N#CC1CN(C(=O)CCNC2CC2)CCO1. The summed E-state index contributed by atoms with van der Waals surface area (Å²) in [6, 6.07) is 2.68. The van der Waals surface area contributed by atoms with Crippen molar-refractivity contribution >= 4 is 5.91 Å². The third kappa shape index (κ3) is 3.19. The molecule has 1 saturated heterocycles. The van der Waals surface area contributed by atoms with Gasteiger partial charge in [0.1, 0.15) is 0 Å². The zero-order chi connectivity index (χ0) is 11.4. The minimum absolute atomic E-state index is 0.122. The Balaban J connectivity index is 1.68. The number of hydrogen-bond acceptors (Lipinski definition) is 4. The molecule has 1 aliphatic carbocycles. The molecule has 16 heavy (non-hydrogen) atoms. The average Bonchev–Trinajstić information content (AvgIpc) is 3.13. The molecule has 1 heterocycles. The van der Waals surface area contributed by atoms with Gasteiger partial charge in [0.25, 0.3) is 0 Å². The maximum absolute atomic E-state index is 11.8. The number of nitrogens with zero attached hydrogens (tertiary/aromatic N) is 2. The van der Waals surface area contributed by atoms with Crippen LogP contribution >= 0.6 is 0 Å². The quantitative estimate of drug-likeness (QED) is 0.721. The fourth-order valence-corrected chi connectivity index (χ4v) is 1.78. The van der Waals surface area contributed by atoms with E-state index in [1.165, 1.54) is 12.8 Å². The summed E-state index contributed by atoms with van der Waals surface area (Å²) in [5, 5.41) is 12.0. The average molecular weight is 223 g/mol. The molecule has 2 rings (SSSR count). The van der Waals surface area contributed by atoms with Crippen molar-refractivity contribution in [1.29, 1.82) is 5.26 Å². The molecule has 88 valence electrons. The summed E-state index contributed by atoms with van der Waals surface area (Å²) in [5.74, 6) is 0.122. The van der Waals surface area contributed by atoms with Crippen LogP contribution in [0.15, 0.2) is 0 Å². The van der Waals surface area contributed by atoms with Crippen molar-refractivity contribution < 1.29 is 9.53 Å². The summed E-state index contributed by atoms with van der Waals surface area (Å²) < 4.78 is 5.19. The minimum Gasteiger partial charge on any atom is -0.360 e. The third-order valence-corrected chi connectivity index (χ3v) is 2.91. The fraction of sp³-hybridized carbons (Fsp3) is 0.818. The van der Waals surface area contributed by atoms with Crippen LogP contribution in [-0.4, -0.2) is 49.2 Å². The highest BCUT2D eigenvalue weighted by molar-refractivity contribution is 5.76. The van der Waals surface area contributed by atoms with E-state index >= 15 is 0 Å². The molecule has 1 aliphatic heterocycles. The number of ether oxygens (including phenoxy) is 1. The minimum atomic E-state index is -0.450. The first-order valence-electron chi connectivity index (χ1n) is 5.82. The lowest BCUT2D eigenvalue weighted by Gasteiger charge is -2.29. The van der Waals surface area contributed by atoms with Crippen molar-refractivity contribution in [3.05, 3.63) is 0 Å². The van der Waals surface area contributed by atoms with Crippen LogP contribution in [0.25, 0.3) is 0 Å². The molecular formula is C11H17N3O2.